The van der Waals surface area contributed by atoms with Gasteiger partial charge in [-0.1, -0.05) is 23.2 Å². The number of aliphatic carboxylic acids is 1. The van der Waals surface area contributed by atoms with Crippen LogP contribution in [0.1, 0.15) is 13.3 Å². The van der Waals surface area contributed by atoms with E-state index in [-0.39, 0.29) is 18.9 Å². The van der Waals surface area contributed by atoms with Crippen molar-refractivity contribution in [2.45, 2.75) is 25.6 Å². The molecule has 2 rings (SSSR count). The largest absolute Gasteiger partial charge is 0.481 e. The van der Waals surface area contributed by atoms with Crippen molar-refractivity contribution < 1.29 is 24.2 Å². The van der Waals surface area contributed by atoms with E-state index in [1.807, 2.05) is 0 Å². The first-order valence-corrected chi connectivity index (χ1v) is 7.86. The van der Waals surface area contributed by atoms with Gasteiger partial charge in [-0.25, -0.2) is 0 Å². The van der Waals surface area contributed by atoms with Gasteiger partial charge in [0.2, 0.25) is 0 Å². The summed E-state index contributed by atoms with van der Waals surface area (Å²) < 4.78 is 10.9. The number of amides is 1. The summed E-state index contributed by atoms with van der Waals surface area (Å²) >= 11 is 11.7. The molecule has 0 aliphatic carbocycles. The summed E-state index contributed by atoms with van der Waals surface area (Å²) in [4.78, 5) is 24.7. The molecule has 1 aromatic carbocycles. The summed E-state index contributed by atoms with van der Waals surface area (Å²) in [6, 6.07) is 4.76. The van der Waals surface area contributed by atoms with Crippen molar-refractivity contribution in [3.8, 4) is 5.75 Å². The highest BCUT2D eigenvalue weighted by molar-refractivity contribution is 6.42. The molecule has 1 amide bonds. The minimum absolute atomic E-state index is 0.133. The van der Waals surface area contributed by atoms with Gasteiger partial charge in [0.05, 0.1) is 29.2 Å². The van der Waals surface area contributed by atoms with Crippen LogP contribution < -0.4 is 4.74 Å². The normalized spacial score (nSPS) is 19.3. The van der Waals surface area contributed by atoms with Crippen LogP contribution in [0.5, 0.6) is 5.75 Å². The third-order valence-electron chi connectivity index (χ3n) is 3.40. The number of carboxylic acid groups (broad SMARTS) is 1. The highest BCUT2D eigenvalue weighted by Gasteiger charge is 2.29. The molecule has 1 heterocycles. The van der Waals surface area contributed by atoms with Crippen molar-refractivity contribution in [3.63, 3.8) is 0 Å². The van der Waals surface area contributed by atoms with E-state index < -0.39 is 18.2 Å². The molecule has 1 aliphatic heterocycles. The Labute approximate surface area is 143 Å². The zero-order valence-electron chi connectivity index (χ0n) is 12.5. The van der Waals surface area contributed by atoms with Crippen LogP contribution in [0.4, 0.5) is 0 Å². The summed E-state index contributed by atoms with van der Waals surface area (Å²) in [6.45, 7) is 2.58. The van der Waals surface area contributed by atoms with Gasteiger partial charge in [0.25, 0.3) is 5.91 Å². The standard InChI is InChI=1S/C15H17Cl2NO5/c1-9(23-10-2-3-12(16)13(17)6-10)15(21)18-4-5-22-11(8-18)7-14(19)20/h2-3,6,9,11H,4-5,7-8H2,1H3,(H,19,20). The highest BCUT2D eigenvalue weighted by Crippen LogP contribution is 2.27. The lowest BCUT2D eigenvalue weighted by Gasteiger charge is -2.33. The van der Waals surface area contributed by atoms with Crippen molar-refractivity contribution >= 4 is 35.1 Å². The second-order valence-electron chi connectivity index (χ2n) is 5.21. The van der Waals surface area contributed by atoms with Gasteiger partial charge < -0.3 is 19.5 Å². The van der Waals surface area contributed by atoms with Crippen LogP contribution in [-0.4, -0.2) is 53.8 Å². The van der Waals surface area contributed by atoms with E-state index in [0.29, 0.717) is 28.9 Å². The van der Waals surface area contributed by atoms with Crippen LogP contribution in [0.15, 0.2) is 18.2 Å². The van der Waals surface area contributed by atoms with Gasteiger partial charge in [-0.15, -0.1) is 0 Å². The topological polar surface area (TPSA) is 76.1 Å². The number of nitrogens with zero attached hydrogens (tertiary/aromatic N) is 1. The first kappa shape index (κ1) is 17.8. The molecule has 23 heavy (non-hydrogen) atoms. The van der Waals surface area contributed by atoms with Crippen LogP contribution in [0.25, 0.3) is 0 Å². The number of rotatable bonds is 5. The summed E-state index contributed by atoms with van der Waals surface area (Å²) in [7, 11) is 0. The van der Waals surface area contributed by atoms with Crippen LogP contribution in [-0.2, 0) is 14.3 Å². The van der Waals surface area contributed by atoms with E-state index in [1.54, 1.807) is 30.0 Å². The molecule has 0 spiro atoms. The molecule has 1 saturated heterocycles. The first-order chi connectivity index (χ1) is 10.9. The number of hydrogen-bond acceptors (Lipinski definition) is 4. The Morgan fingerprint density at radius 3 is 2.83 bits per heavy atom. The number of hydrogen-bond donors (Lipinski definition) is 1. The van der Waals surface area contributed by atoms with Crippen molar-refractivity contribution in [3.05, 3.63) is 28.2 Å². The number of ether oxygens (including phenoxy) is 2. The summed E-state index contributed by atoms with van der Waals surface area (Å²) in [5, 5.41) is 9.56. The van der Waals surface area contributed by atoms with Crippen LogP contribution in [0.2, 0.25) is 10.0 Å². The average Bonchev–Trinajstić information content (AvgIpc) is 2.49. The molecule has 0 aromatic heterocycles. The number of benzene rings is 1. The fraction of sp³-hybridized carbons (Fsp3) is 0.467. The number of carbonyl (C=O) groups is 2. The predicted octanol–water partition coefficient (Wildman–Crippen LogP) is 2.46. The molecule has 0 saturated carbocycles. The molecule has 2 unspecified atom stereocenters. The molecule has 1 fully saturated rings. The van der Waals surface area contributed by atoms with Crippen molar-refractivity contribution in [2.75, 3.05) is 19.7 Å². The van der Waals surface area contributed by atoms with Gasteiger partial charge in [-0.05, 0) is 19.1 Å². The minimum Gasteiger partial charge on any atom is -0.481 e. The van der Waals surface area contributed by atoms with Crippen molar-refractivity contribution in [1.82, 2.24) is 4.90 Å². The molecule has 6 nitrogen and oxygen atoms in total. The van der Waals surface area contributed by atoms with Gasteiger partial charge in [0.1, 0.15) is 5.75 Å². The second-order valence-corrected chi connectivity index (χ2v) is 6.03. The Bertz CT molecular complexity index is 595. The molecule has 1 aromatic rings. The number of morpholine rings is 1. The van der Waals surface area contributed by atoms with Crippen LogP contribution >= 0.6 is 23.2 Å². The lowest BCUT2D eigenvalue weighted by molar-refractivity contribution is -0.151. The Morgan fingerprint density at radius 2 is 2.17 bits per heavy atom. The SMILES string of the molecule is CC(Oc1ccc(Cl)c(Cl)c1)C(=O)N1CCOC(CC(=O)O)C1. The van der Waals surface area contributed by atoms with E-state index in [0.717, 1.165) is 0 Å². The van der Waals surface area contributed by atoms with Gasteiger partial charge in [0.15, 0.2) is 6.10 Å². The lowest BCUT2D eigenvalue weighted by Crippen LogP contribution is -2.50. The highest BCUT2D eigenvalue weighted by atomic mass is 35.5. The molecular formula is C15H17Cl2NO5. The third-order valence-corrected chi connectivity index (χ3v) is 4.14. The number of halogens is 2. The zero-order valence-corrected chi connectivity index (χ0v) is 14.0. The van der Waals surface area contributed by atoms with Crippen LogP contribution in [0.3, 0.4) is 0 Å². The molecule has 1 aliphatic rings. The first-order valence-electron chi connectivity index (χ1n) is 7.10. The summed E-state index contributed by atoms with van der Waals surface area (Å²) in [5.74, 6) is -0.741. The van der Waals surface area contributed by atoms with Gasteiger partial charge in [-0.3, -0.25) is 9.59 Å². The summed E-state index contributed by atoms with van der Waals surface area (Å²) in [6.07, 6.45) is -1.36. The molecular weight excluding hydrogens is 345 g/mol. The van der Waals surface area contributed by atoms with Crippen molar-refractivity contribution in [2.24, 2.45) is 0 Å². The van der Waals surface area contributed by atoms with Gasteiger partial charge in [0, 0.05) is 19.2 Å². The monoisotopic (exact) mass is 361 g/mol. The average molecular weight is 362 g/mol. The quantitative estimate of drug-likeness (QED) is 0.871. The molecule has 126 valence electrons. The minimum atomic E-state index is -0.954. The number of carboxylic acids is 1. The van der Waals surface area contributed by atoms with E-state index in [1.165, 1.54) is 0 Å². The van der Waals surface area contributed by atoms with Gasteiger partial charge >= 0.3 is 5.97 Å². The second kappa shape index (κ2) is 7.86. The molecule has 0 radical (unpaired) electrons. The van der Waals surface area contributed by atoms with Gasteiger partial charge in [-0.2, -0.15) is 0 Å². The van der Waals surface area contributed by atoms with E-state index in [2.05, 4.69) is 0 Å². The van der Waals surface area contributed by atoms with Crippen molar-refractivity contribution in [1.29, 1.82) is 0 Å². The zero-order chi connectivity index (χ0) is 17.0. The fourth-order valence-corrected chi connectivity index (χ4v) is 2.59. The molecule has 8 heteroatoms. The van der Waals surface area contributed by atoms with Crippen LogP contribution in [0, 0.1) is 0 Å². The smallest absolute Gasteiger partial charge is 0.306 e. The Morgan fingerprint density at radius 1 is 1.43 bits per heavy atom. The van der Waals surface area contributed by atoms with E-state index >= 15 is 0 Å². The Balaban J connectivity index is 1.95. The van der Waals surface area contributed by atoms with E-state index in [4.69, 9.17) is 37.8 Å². The molecule has 0 bridgehead atoms. The van der Waals surface area contributed by atoms with E-state index in [9.17, 15) is 9.59 Å². The lowest BCUT2D eigenvalue weighted by atomic mass is 10.2. The fourth-order valence-electron chi connectivity index (χ4n) is 2.30. The maximum atomic E-state index is 12.4. The molecule has 2 atom stereocenters. The Hall–Kier alpha value is -1.50. The predicted molar refractivity (Wildman–Crippen MR) is 85.1 cm³/mol. The molecule has 1 N–H and O–H groups in total. The number of carbonyl (C=O) groups excluding carboxylic acids is 1. The summed E-state index contributed by atoms with van der Waals surface area (Å²) in [5.41, 5.74) is 0. The Kier molecular flexibility index (Phi) is 6.10. The maximum Gasteiger partial charge on any atom is 0.306 e. The maximum absolute atomic E-state index is 12.4. The third kappa shape index (κ3) is 4.99.